The van der Waals surface area contributed by atoms with Gasteiger partial charge < -0.3 is 10.5 Å². The van der Waals surface area contributed by atoms with E-state index >= 15 is 0 Å². The Bertz CT molecular complexity index is 601. The molecule has 2 aromatic carbocycles. The molecule has 0 fully saturated rings. The van der Waals surface area contributed by atoms with Crippen molar-refractivity contribution in [3.8, 4) is 5.75 Å². The SMILES string of the molecule is COc1cccc(C(N)c2ccc(Cl)c(C)c2)c1F. The highest BCUT2D eigenvalue weighted by Crippen LogP contribution is 2.29. The molecule has 0 aliphatic heterocycles. The van der Waals surface area contributed by atoms with Crippen LogP contribution in [0.15, 0.2) is 36.4 Å². The maximum Gasteiger partial charge on any atom is 0.170 e. The molecular weight excluding hydrogens is 265 g/mol. The summed E-state index contributed by atoms with van der Waals surface area (Å²) < 4.78 is 19.1. The molecule has 2 nitrogen and oxygen atoms in total. The van der Waals surface area contributed by atoms with Crippen molar-refractivity contribution in [3.05, 3.63) is 63.9 Å². The summed E-state index contributed by atoms with van der Waals surface area (Å²) in [5, 5.41) is 0.669. The van der Waals surface area contributed by atoms with Crippen molar-refractivity contribution < 1.29 is 9.13 Å². The van der Waals surface area contributed by atoms with Crippen molar-refractivity contribution in [1.82, 2.24) is 0 Å². The molecule has 2 rings (SSSR count). The molecule has 0 radical (unpaired) electrons. The highest BCUT2D eigenvalue weighted by Gasteiger charge is 2.17. The number of rotatable bonds is 3. The minimum absolute atomic E-state index is 0.193. The van der Waals surface area contributed by atoms with Gasteiger partial charge in [0.1, 0.15) is 0 Å². The lowest BCUT2D eigenvalue weighted by Gasteiger charge is -2.16. The molecule has 1 unspecified atom stereocenters. The molecule has 2 N–H and O–H groups in total. The van der Waals surface area contributed by atoms with Gasteiger partial charge in [-0.1, -0.05) is 35.9 Å². The molecule has 0 saturated carbocycles. The number of benzene rings is 2. The molecule has 0 bridgehead atoms. The third-order valence-electron chi connectivity index (χ3n) is 3.09. The fourth-order valence-electron chi connectivity index (χ4n) is 1.97. The summed E-state index contributed by atoms with van der Waals surface area (Å²) in [6, 6.07) is 9.84. The molecule has 4 heteroatoms. The number of methoxy groups -OCH3 is 1. The van der Waals surface area contributed by atoms with E-state index < -0.39 is 11.9 Å². The van der Waals surface area contributed by atoms with E-state index in [1.54, 1.807) is 30.3 Å². The van der Waals surface area contributed by atoms with Gasteiger partial charge in [-0.15, -0.1) is 0 Å². The van der Waals surface area contributed by atoms with Gasteiger partial charge in [0.05, 0.1) is 13.2 Å². The first-order valence-corrected chi connectivity index (χ1v) is 6.26. The number of ether oxygens (including phenoxy) is 1. The minimum atomic E-state index is -0.550. The molecule has 0 heterocycles. The van der Waals surface area contributed by atoms with Crippen LogP contribution in [0.5, 0.6) is 5.75 Å². The Morgan fingerprint density at radius 2 is 2.00 bits per heavy atom. The van der Waals surface area contributed by atoms with E-state index in [1.807, 2.05) is 13.0 Å². The molecule has 0 aliphatic rings. The van der Waals surface area contributed by atoms with E-state index in [4.69, 9.17) is 22.1 Å². The van der Waals surface area contributed by atoms with Gasteiger partial charge in [0.25, 0.3) is 0 Å². The molecule has 2 aromatic rings. The number of hydrogen-bond donors (Lipinski definition) is 1. The second-order valence-electron chi connectivity index (χ2n) is 4.35. The topological polar surface area (TPSA) is 35.2 Å². The van der Waals surface area contributed by atoms with E-state index in [-0.39, 0.29) is 5.75 Å². The minimum Gasteiger partial charge on any atom is -0.494 e. The van der Waals surface area contributed by atoms with E-state index in [0.717, 1.165) is 11.1 Å². The summed E-state index contributed by atoms with van der Waals surface area (Å²) in [7, 11) is 1.43. The van der Waals surface area contributed by atoms with Gasteiger partial charge in [-0.05, 0) is 30.2 Å². The van der Waals surface area contributed by atoms with Crippen LogP contribution in [-0.2, 0) is 0 Å². The molecule has 0 aromatic heterocycles. The van der Waals surface area contributed by atoms with E-state index in [1.165, 1.54) is 7.11 Å². The second kappa shape index (κ2) is 5.59. The largest absolute Gasteiger partial charge is 0.494 e. The number of nitrogens with two attached hydrogens (primary N) is 1. The summed E-state index contributed by atoms with van der Waals surface area (Å²) in [6.45, 7) is 1.89. The van der Waals surface area contributed by atoms with E-state index in [0.29, 0.717) is 10.6 Å². The highest BCUT2D eigenvalue weighted by atomic mass is 35.5. The van der Waals surface area contributed by atoms with Crippen molar-refractivity contribution in [2.75, 3.05) is 7.11 Å². The smallest absolute Gasteiger partial charge is 0.170 e. The van der Waals surface area contributed by atoms with Crippen molar-refractivity contribution in [1.29, 1.82) is 0 Å². The quantitative estimate of drug-likeness (QED) is 0.926. The fourth-order valence-corrected chi connectivity index (χ4v) is 2.08. The number of hydrogen-bond acceptors (Lipinski definition) is 2. The van der Waals surface area contributed by atoms with Crippen LogP contribution in [0, 0.1) is 12.7 Å². The zero-order chi connectivity index (χ0) is 14.0. The van der Waals surface area contributed by atoms with Gasteiger partial charge in [-0.25, -0.2) is 4.39 Å². The highest BCUT2D eigenvalue weighted by molar-refractivity contribution is 6.31. The van der Waals surface area contributed by atoms with Gasteiger partial charge in [0.2, 0.25) is 0 Å². The van der Waals surface area contributed by atoms with Crippen LogP contribution in [0.2, 0.25) is 5.02 Å². The predicted octanol–water partition coefficient (Wildman–Crippen LogP) is 3.84. The van der Waals surface area contributed by atoms with Crippen molar-refractivity contribution in [2.24, 2.45) is 5.73 Å². The molecule has 19 heavy (non-hydrogen) atoms. The van der Waals surface area contributed by atoms with Gasteiger partial charge in [0.15, 0.2) is 11.6 Å². The summed E-state index contributed by atoms with van der Waals surface area (Å²) in [5.74, 6) is -0.233. The first-order chi connectivity index (χ1) is 9.04. The Morgan fingerprint density at radius 3 is 2.63 bits per heavy atom. The van der Waals surface area contributed by atoms with E-state index in [9.17, 15) is 4.39 Å². The van der Waals surface area contributed by atoms with Crippen LogP contribution in [0.25, 0.3) is 0 Å². The molecule has 0 amide bonds. The van der Waals surface area contributed by atoms with Crippen molar-refractivity contribution in [2.45, 2.75) is 13.0 Å². The van der Waals surface area contributed by atoms with Gasteiger partial charge in [0, 0.05) is 10.6 Å². The zero-order valence-electron chi connectivity index (χ0n) is 10.8. The molecule has 0 spiro atoms. The molecule has 0 saturated heterocycles. The molecule has 1 atom stereocenters. The third kappa shape index (κ3) is 2.72. The van der Waals surface area contributed by atoms with Crippen LogP contribution in [0.4, 0.5) is 4.39 Å². The standard InChI is InChI=1S/C15H15ClFNO/c1-9-8-10(6-7-12(9)16)15(18)11-4-3-5-13(19-2)14(11)17/h3-8,15H,18H2,1-2H3. The summed E-state index contributed by atoms with van der Waals surface area (Å²) >= 11 is 5.98. The zero-order valence-corrected chi connectivity index (χ0v) is 11.5. The Labute approximate surface area is 117 Å². The first-order valence-electron chi connectivity index (χ1n) is 5.88. The second-order valence-corrected chi connectivity index (χ2v) is 4.76. The molecular formula is C15H15ClFNO. The van der Waals surface area contributed by atoms with Crippen LogP contribution >= 0.6 is 11.6 Å². The molecule has 0 aliphatic carbocycles. The lowest BCUT2D eigenvalue weighted by Crippen LogP contribution is -2.14. The Morgan fingerprint density at radius 1 is 1.26 bits per heavy atom. The first kappa shape index (κ1) is 13.8. The summed E-state index contributed by atoms with van der Waals surface area (Å²) in [5.41, 5.74) is 8.25. The summed E-state index contributed by atoms with van der Waals surface area (Å²) in [4.78, 5) is 0. The summed E-state index contributed by atoms with van der Waals surface area (Å²) in [6.07, 6.45) is 0. The van der Waals surface area contributed by atoms with Gasteiger partial charge in [-0.2, -0.15) is 0 Å². The van der Waals surface area contributed by atoms with Gasteiger partial charge >= 0.3 is 0 Å². The van der Waals surface area contributed by atoms with E-state index in [2.05, 4.69) is 0 Å². The maximum absolute atomic E-state index is 14.2. The lowest BCUT2D eigenvalue weighted by atomic mass is 9.97. The average Bonchev–Trinajstić information content (AvgIpc) is 2.41. The van der Waals surface area contributed by atoms with Crippen molar-refractivity contribution in [3.63, 3.8) is 0 Å². The predicted molar refractivity (Wildman–Crippen MR) is 75.2 cm³/mol. The van der Waals surface area contributed by atoms with Crippen LogP contribution < -0.4 is 10.5 Å². The Hall–Kier alpha value is -1.58. The lowest BCUT2D eigenvalue weighted by molar-refractivity contribution is 0.383. The van der Waals surface area contributed by atoms with Crippen LogP contribution in [0.1, 0.15) is 22.7 Å². The normalized spacial score (nSPS) is 12.3. The molecule has 100 valence electrons. The number of aryl methyl sites for hydroxylation is 1. The van der Waals surface area contributed by atoms with Gasteiger partial charge in [-0.3, -0.25) is 0 Å². The average molecular weight is 280 g/mol. The number of halogens is 2. The fraction of sp³-hybridized carbons (Fsp3) is 0.200. The monoisotopic (exact) mass is 279 g/mol. The van der Waals surface area contributed by atoms with Crippen LogP contribution in [0.3, 0.4) is 0 Å². The Kier molecular flexibility index (Phi) is 4.08. The van der Waals surface area contributed by atoms with Crippen molar-refractivity contribution >= 4 is 11.6 Å². The Balaban J connectivity index is 2.43. The van der Waals surface area contributed by atoms with Crippen LogP contribution in [-0.4, -0.2) is 7.11 Å². The maximum atomic E-state index is 14.2. The third-order valence-corrected chi connectivity index (χ3v) is 3.51.